The molecule has 0 spiro atoms. The van der Waals surface area contributed by atoms with E-state index in [1.807, 2.05) is 4.72 Å². The molecule has 1 aromatic carbocycles. The van der Waals surface area contributed by atoms with E-state index in [2.05, 4.69) is 5.16 Å². The fraction of sp³-hybridized carbons (Fsp3) is 0.111. The van der Waals surface area contributed by atoms with E-state index in [0.717, 1.165) is 18.4 Å². The van der Waals surface area contributed by atoms with Gasteiger partial charge in [-0.05, 0) is 18.2 Å². The van der Waals surface area contributed by atoms with Crippen LogP contribution in [0, 0.1) is 0 Å². The summed E-state index contributed by atoms with van der Waals surface area (Å²) in [4.78, 5) is 10.7. The molecule has 9 heteroatoms. The van der Waals surface area contributed by atoms with E-state index in [1.165, 1.54) is 6.07 Å². The number of aliphatic carboxylic acids is 1. The molecule has 0 fully saturated rings. The summed E-state index contributed by atoms with van der Waals surface area (Å²) < 4.78 is 24.0. The van der Waals surface area contributed by atoms with E-state index in [0.29, 0.717) is 0 Å². The second-order valence-electron chi connectivity index (χ2n) is 3.36. The van der Waals surface area contributed by atoms with Gasteiger partial charge < -0.3 is 15.4 Å². The molecule has 0 saturated carbocycles. The standard InChI is InChI=1S/C9H10N2O6S/c1-18(16,17)11-6-4-5(2-3-7(6)12)8(10-15)9(13)14/h2-4,11-12,15H,1H3,(H,13,14)/b10-8+. The molecule has 0 radical (unpaired) electrons. The number of oxime groups is 1. The zero-order valence-electron chi connectivity index (χ0n) is 9.15. The van der Waals surface area contributed by atoms with Crippen LogP contribution in [0.5, 0.6) is 5.75 Å². The first-order chi connectivity index (χ1) is 8.24. The lowest BCUT2D eigenvalue weighted by Crippen LogP contribution is -2.15. The second kappa shape index (κ2) is 4.92. The van der Waals surface area contributed by atoms with Crippen molar-refractivity contribution in [3.63, 3.8) is 0 Å². The van der Waals surface area contributed by atoms with Gasteiger partial charge >= 0.3 is 5.97 Å². The Labute approximate surface area is 102 Å². The molecule has 98 valence electrons. The molecule has 0 aliphatic heterocycles. The van der Waals surface area contributed by atoms with Crippen LogP contribution in [-0.4, -0.2) is 41.8 Å². The number of nitrogens with one attached hydrogen (secondary N) is 1. The Morgan fingerprint density at radius 1 is 1.39 bits per heavy atom. The number of sulfonamides is 1. The summed E-state index contributed by atoms with van der Waals surface area (Å²) in [6, 6.07) is 3.29. The molecule has 1 aromatic rings. The molecule has 0 aromatic heterocycles. The molecule has 0 aliphatic rings. The number of phenols is 1. The normalized spacial score (nSPS) is 12.2. The third-order valence-electron chi connectivity index (χ3n) is 1.87. The van der Waals surface area contributed by atoms with Gasteiger partial charge in [-0.3, -0.25) is 4.72 Å². The minimum absolute atomic E-state index is 0.0612. The molecule has 0 bridgehead atoms. The number of hydrogen-bond donors (Lipinski definition) is 4. The van der Waals surface area contributed by atoms with Gasteiger partial charge in [0.2, 0.25) is 10.0 Å². The number of carbonyl (C=O) groups is 1. The van der Waals surface area contributed by atoms with Crippen LogP contribution in [-0.2, 0) is 14.8 Å². The van der Waals surface area contributed by atoms with Crippen molar-refractivity contribution >= 4 is 27.4 Å². The molecular formula is C9H10N2O6S. The van der Waals surface area contributed by atoms with Gasteiger partial charge in [-0.15, -0.1) is 0 Å². The van der Waals surface area contributed by atoms with Crippen LogP contribution in [0.3, 0.4) is 0 Å². The fourth-order valence-electron chi connectivity index (χ4n) is 1.19. The van der Waals surface area contributed by atoms with Crippen LogP contribution in [0.1, 0.15) is 5.56 Å². The van der Waals surface area contributed by atoms with Crippen LogP contribution < -0.4 is 4.72 Å². The quantitative estimate of drug-likeness (QED) is 0.264. The van der Waals surface area contributed by atoms with Crippen molar-refractivity contribution in [2.24, 2.45) is 5.16 Å². The molecule has 0 atom stereocenters. The van der Waals surface area contributed by atoms with Crippen molar-refractivity contribution in [2.75, 3.05) is 11.0 Å². The molecule has 0 heterocycles. The summed E-state index contributed by atoms with van der Waals surface area (Å²) >= 11 is 0. The first kappa shape index (κ1) is 13.8. The van der Waals surface area contributed by atoms with Crippen molar-refractivity contribution in [2.45, 2.75) is 0 Å². The number of phenolic OH excluding ortho intramolecular Hbond substituents is 1. The third-order valence-corrected chi connectivity index (χ3v) is 2.46. The predicted octanol–water partition coefficient (Wildman–Crippen LogP) is 0.0266. The van der Waals surface area contributed by atoms with Gasteiger partial charge in [0.1, 0.15) is 5.75 Å². The lowest BCUT2D eigenvalue weighted by atomic mass is 10.1. The first-order valence-electron chi connectivity index (χ1n) is 4.51. The lowest BCUT2D eigenvalue weighted by Gasteiger charge is -2.08. The number of rotatable bonds is 4. The largest absolute Gasteiger partial charge is 0.506 e. The van der Waals surface area contributed by atoms with Crippen molar-refractivity contribution in [1.82, 2.24) is 0 Å². The molecular weight excluding hydrogens is 264 g/mol. The number of aromatic hydroxyl groups is 1. The van der Waals surface area contributed by atoms with Gasteiger partial charge in [-0.25, -0.2) is 13.2 Å². The smallest absolute Gasteiger partial charge is 0.358 e. The van der Waals surface area contributed by atoms with Crippen molar-refractivity contribution < 1.29 is 28.6 Å². The Morgan fingerprint density at radius 2 is 2.00 bits per heavy atom. The lowest BCUT2D eigenvalue weighted by molar-refractivity contribution is -0.129. The summed E-state index contributed by atoms with van der Waals surface area (Å²) in [6.45, 7) is 0. The van der Waals surface area contributed by atoms with Gasteiger partial charge in [0.05, 0.1) is 11.9 Å². The molecule has 8 nitrogen and oxygen atoms in total. The van der Waals surface area contributed by atoms with Gasteiger partial charge in [0.25, 0.3) is 0 Å². The van der Waals surface area contributed by atoms with Crippen molar-refractivity contribution in [1.29, 1.82) is 0 Å². The Hall–Kier alpha value is -2.29. The zero-order valence-corrected chi connectivity index (χ0v) is 9.97. The SMILES string of the molecule is CS(=O)(=O)Nc1cc(/C(=N\O)C(=O)O)ccc1O. The summed E-state index contributed by atoms with van der Waals surface area (Å²) in [7, 11) is -3.63. The average molecular weight is 274 g/mol. The Kier molecular flexibility index (Phi) is 3.76. The minimum Gasteiger partial charge on any atom is -0.506 e. The first-order valence-corrected chi connectivity index (χ1v) is 6.40. The molecule has 0 aliphatic carbocycles. The molecule has 18 heavy (non-hydrogen) atoms. The highest BCUT2D eigenvalue weighted by Crippen LogP contribution is 2.25. The zero-order chi connectivity index (χ0) is 13.9. The van der Waals surface area contributed by atoms with Crippen LogP contribution in [0.25, 0.3) is 0 Å². The van der Waals surface area contributed by atoms with Gasteiger partial charge in [0, 0.05) is 5.56 Å². The Morgan fingerprint density at radius 3 is 2.44 bits per heavy atom. The Bertz CT molecular complexity index is 607. The summed E-state index contributed by atoms with van der Waals surface area (Å²) in [5.41, 5.74) is -0.946. The minimum atomic E-state index is -3.63. The second-order valence-corrected chi connectivity index (χ2v) is 5.11. The number of hydrogen-bond acceptors (Lipinski definition) is 6. The van der Waals surface area contributed by atoms with Crippen LogP contribution in [0.15, 0.2) is 23.4 Å². The monoisotopic (exact) mass is 274 g/mol. The average Bonchev–Trinajstić information content (AvgIpc) is 2.21. The molecule has 0 saturated heterocycles. The molecule has 4 N–H and O–H groups in total. The van der Waals surface area contributed by atoms with E-state index >= 15 is 0 Å². The van der Waals surface area contributed by atoms with Crippen molar-refractivity contribution in [3.05, 3.63) is 23.8 Å². The highest BCUT2D eigenvalue weighted by atomic mass is 32.2. The van der Waals surface area contributed by atoms with E-state index in [4.69, 9.17) is 10.3 Å². The summed E-state index contributed by atoms with van der Waals surface area (Å²) in [6.07, 6.45) is 0.872. The van der Waals surface area contributed by atoms with E-state index in [1.54, 1.807) is 0 Å². The summed E-state index contributed by atoms with van der Waals surface area (Å²) in [5.74, 6) is -1.87. The topological polar surface area (TPSA) is 136 Å². The predicted molar refractivity (Wildman–Crippen MR) is 62.5 cm³/mol. The fourth-order valence-corrected chi connectivity index (χ4v) is 1.75. The van der Waals surface area contributed by atoms with Crippen LogP contribution in [0.4, 0.5) is 5.69 Å². The number of carboxylic acid groups (broad SMARTS) is 1. The van der Waals surface area contributed by atoms with Crippen LogP contribution >= 0.6 is 0 Å². The van der Waals surface area contributed by atoms with Gasteiger partial charge in [-0.2, -0.15) is 0 Å². The van der Waals surface area contributed by atoms with Gasteiger partial charge in [0.15, 0.2) is 5.71 Å². The molecule has 1 rings (SSSR count). The van der Waals surface area contributed by atoms with Crippen LogP contribution in [0.2, 0.25) is 0 Å². The maximum atomic E-state index is 11.0. The Balaban J connectivity index is 3.28. The number of benzene rings is 1. The highest BCUT2D eigenvalue weighted by Gasteiger charge is 2.16. The van der Waals surface area contributed by atoms with Crippen molar-refractivity contribution in [3.8, 4) is 5.75 Å². The molecule has 0 amide bonds. The third kappa shape index (κ3) is 3.35. The maximum absolute atomic E-state index is 11.0. The van der Waals surface area contributed by atoms with E-state index in [-0.39, 0.29) is 17.0 Å². The highest BCUT2D eigenvalue weighted by molar-refractivity contribution is 7.92. The maximum Gasteiger partial charge on any atom is 0.358 e. The molecule has 0 unspecified atom stereocenters. The number of nitrogens with zero attached hydrogens (tertiary/aromatic N) is 1. The van der Waals surface area contributed by atoms with E-state index in [9.17, 15) is 18.3 Å². The number of anilines is 1. The van der Waals surface area contributed by atoms with Gasteiger partial charge in [-0.1, -0.05) is 5.16 Å². The van der Waals surface area contributed by atoms with E-state index < -0.39 is 21.7 Å². The summed E-state index contributed by atoms with van der Waals surface area (Å²) in [5, 5.41) is 29.3. The number of carboxylic acids is 1.